The van der Waals surface area contributed by atoms with Crippen molar-refractivity contribution in [2.24, 2.45) is 0 Å². The van der Waals surface area contributed by atoms with Crippen LogP contribution in [-0.4, -0.2) is 9.97 Å². The Morgan fingerprint density at radius 1 is 1.20 bits per heavy atom. The molecule has 3 rings (SSSR count). The summed E-state index contributed by atoms with van der Waals surface area (Å²) in [6.07, 6.45) is 6.90. The largest absolute Gasteiger partial charge is 0.358 e. The van der Waals surface area contributed by atoms with Crippen LogP contribution in [0, 0.1) is 0 Å². The van der Waals surface area contributed by atoms with E-state index in [-0.39, 0.29) is 0 Å². The van der Waals surface area contributed by atoms with Gasteiger partial charge in [0.1, 0.15) is 0 Å². The van der Waals surface area contributed by atoms with E-state index in [2.05, 4.69) is 60.2 Å². The molecule has 2 heterocycles. The van der Waals surface area contributed by atoms with Crippen LogP contribution in [0.25, 0.3) is 16.5 Å². The Morgan fingerprint density at radius 2 is 2.05 bits per heavy atom. The van der Waals surface area contributed by atoms with Crippen molar-refractivity contribution in [3.05, 3.63) is 71.7 Å². The quantitative estimate of drug-likeness (QED) is 0.735. The van der Waals surface area contributed by atoms with E-state index in [0.29, 0.717) is 0 Å². The molecule has 1 aromatic carbocycles. The maximum atomic E-state index is 4.25. The van der Waals surface area contributed by atoms with E-state index >= 15 is 0 Å². The van der Waals surface area contributed by atoms with Gasteiger partial charge in [0, 0.05) is 40.1 Å². The molecule has 0 saturated heterocycles. The number of H-pyrrole nitrogens is 1. The number of hydrogen-bond acceptors (Lipinski definition) is 1. The molecular formula is C18H18N2. The number of aromatic nitrogens is 2. The molecule has 0 radical (unpaired) electrons. The van der Waals surface area contributed by atoms with Crippen molar-refractivity contribution in [2.45, 2.75) is 20.3 Å². The smallest absolute Gasteiger partial charge is 0.0462 e. The minimum atomic E-state index is 0.988. The van der Waals surface area contributed by atoms with Crippen LogP contribution in [0.2, 0.25) is 0 Å². The van der Waals surface area contributed by atoms with Crippen LogP contribution in [0.4, 0.5) is 0 Å². The van der Waals surface area contributed by atoms with Gasteiger partial charge in [0.2, 0.25) is 0 Å². The summed E-state index contributed by atoms with van der Waals surface area (Å²) in [5.74, 6) is 0. The van der Waals surface area contributed by atoms with Gasteiger partial charge < -0.3 is 4.98 Å². The zero-order valence-corrected chi connectivity index (χ0v) is 11.9. The standard InChI is InChI=1S/C18H18N2/c1-3-14(13-8-7-11-19-12-13)18-15-9-5-6-10-17(15)20-16(18)4-2/h3,5-12,20H,4H2,1-2H3/b14-3+. The third kappa shape index (κ3) is 2.03. The SMILES string of the molecule is C/C=C(\c1cccnc1)c1c(CC)[nH]c2ccccc12. The molecule has 0 atom stereocenters. The Bertz CT molecular complexity index is 751. The lowest BCUT2D eigenvalue weighted by molar-refractivity contribution is 1.07. The summed E-state index contributed by atoms with van der Waals surface area (Å²) in [5.41, 5.74) is 6.19. The summed E-state index contributed by atoms with van der Waals surface area (Å²) in [6.45, 7) is 4.27. The number of rotatable bonds is 3. The van der Waals surface area contributed by atoms with Crippen molar-refractivity contribution >= 4 is 16.5 Å². The van der Waals surface area contributed by atoms with Gasteiger partial charge in [-0.05, 0) is 31.1 Å². The van der Waals surface area contributed by atoms with Crippen molar-refractivity contribution in [1.29, 1.82) is 0 Å². The lowest BCUT2D eigenvalue weighted by Crippen LogP contribution is -1.92. The van der Waals surface area contributed by atoms with E-state index in [4.69, 9.17) is 0 Å². The second kappa shape index (κ2) is 5.33. The average molecular weight is 262 g/mol. The van der Waals surface area contributed by atoms with Crippen LogP contribution < -0.4 is 0 Å². The number of aromatic amines is 1. The van der Waals surface area contributed by atoms with Gasteiger partial charge in [-0.25, -0.2) is 0 Å². The maximum Gasteiger partial charge on any atom is 0.0462 e. The topological polar surface area (TPSA) is 28.7 Å². The molecule has 0 spiro atoms. The van der Waals surface area contributed by atoms with Crippen molar-refractivity contribution < 1.29 is 0 Å². The number of fused-ring (bicyclic) bond motifs is 1. The predicted octanol–water partition coefficient (Wildman–Crippen LogP) is 4.58. The predicted molar refractivity (Wildman–Crippen MR) is 84.7 cm³/mol. The van der Waals surface area contributed by atoms with Crippen LogP contribution in [0.15, 0.2) is 54.9 Å². The second-order valence-corrected chi connectivity index (χ2v) is 4.82. The third-order valence-corrected chi connectivity index (χ3v) is 3.67. The number of nitrogens with one attached hydrogen (secondary N) is 1. The zero-order valence-electron chi connectivity index (χ0n) is 11.9. The van der Waals surface area contributed by atoms with E-state index in [1.54, 1.807) is 0 Å². The Hall–Kier alpha value is -2.35. The third-order valence-electron chi connectivity index (χ3n) is 3.67. The first-order valence-corrected chi connectivity index (χ1v) is 7.01. The molecule has 0 aliphatic carbocycles. The van der Waals surface area contributed by atoms with Gasteiger partial charge in [-0.15, -0.1) is 0 Å². The Morgan fingerprint density at radius 3 is 2.75 bits per heavy atom. The molecule has 2 aromatic heterocycles. The van der Waals surface area contributed by atoms with Gasteiger partial charge >= 0.3 is 0 Å². The van der Waals surface area contributed by atoms with Crippen LogP contribution in [0.3, 0.4) is 0 Å². The molecular weight excluding hydrogens is 244 g/mol. The summed E-state index contributed by atoms with van der Waals surface area (Å²) in [6, 6.07) is 12.6. The summed E-state index contributed by atoms with van der Waals surface area (Å²) in [4.78, 5) is 7.79. The fraction of sp³-hybridized carbons (Fsp3) is 0.167. The van der Waals surface area contributed by atoms with Crippen LogP contribution in [-0.2, 0) is 6.42 Å². The van der Waals surface area contributed by atoms with Crippen molar-refractivity contribution in [3.63, 3.8) is 0 Å². The number of aryl methyl sites for hydroxylation is 1. The molecule has 0 amide bonds. The number of pyridine rings is 1. The first kappa shape index (κ1) is 12.7. The van der Waals surface area contributed by atoms with E-state index in [0.717, 1.165) is 12.0 Å². The van der Waals surface area contributed by atoms with E-state index < -0.39 is 0 Å². The lowest BCUT2D eigenvalue weighted by Gasteiger charge is -2.09. The monoisotopic (exact) mass is 262 g/mol. The van der Waals surface area contributed by atoms with Crippen LogP contribution >= 0.6 is 0 Å². The molecule has 0 bridgehead atoms. The molecule has 2 nitrogen and oxygen atoms in total. The molecule has 0 unspecified atom stereocenters. The molecule has 3 aromatic rings. The molecule has 0 aliphatic rings. The van der Waals surface area contributed by atoms with E-state index in [1.165, 1.54) is 27.7 Å². The summed E-state index contributed by atoms with van der Waals surface area (Å²) >= 11 is 0. The molecule has 0 saturated carbocycles. The van der Waals surface area contributed by atoms with E-state index in [9.17, 15) is 0 Å². The van der Waals surface area contributed by atoms with Crippen molar-refractivity contribution in [2.75, 3.05) is 0 Å². The number of benzene rings is 1. The summed E-state index contributed by atoms with van der Waals surface area (Å²) in [7, 11) is 0. The number of para-hydroxylation sites is 1. The minimum Gasteiger partial charge on any atom is -0.358 e. The van der Waals surface area contributed by atoms with Gasteiger partial charge in [0.25, 0.3) is 0 Å². The average Bonchev–Trinajstić information content (AvgIpc) is 2.88. The normalized spacial score (nSPS) is 12.0. The first-order valence-electron chi connectivity index (χ1n) is 7.01. The van der Waals surface area contributed by atoms with Crippen LogP contribution in [0.1, 0.15) is 30.7 Å². The highest BCUT2D eigenvalue weighted by Crippen LogP contribution is 2.33. The number of allylic oxidation sites excluding steroid dienone is 1. The molecule has 0 fully saturated rings. The highest BCUT2D eigenvalue weighted by atomic mass is 14.7. The number of nitrogens with zero attached hydrogens (tertiary/aromatic N) is 1. The van der Waals surface area contributed by atoms with Gasteiger partial charge in [-0.1, -0.05) is 37.3 Å². The highest BCUT2D eigenvalue weighted by Gasteiger charge is 2.14. The zero-order chi connectivity index (χ0) is 13.9. The van der Waals surface area contributed by atoms with E-state index in [1.807, 2.05) is 18.5 Å². The Kier molecular flexibility index (Phi) is 3.38. The Labute approximate surface area is 119 Å². The maximum absolute atomic E-state index is 4.25. The van der Waals surface area contributed by atoms with Crippen LogP contribution in [0.5, 0.6) is 0 Å². The second-order valence-electron chi connectivity index (χ2n) is 4.82. The Balaban J connectivity index is 2.27. The molecule has 1 N–H and O–H groups in total. The van der Waals surface area contributed by atoms with Gasteiger partial charge in [0.15, 0.2) is 0 Å². The van der Waals surface area contributed by atoms with Crippen molar-refractivity contribution in [3.8, 4) is 0 Å². The molecule has 0 aliphatic heterocycles. The minimum absolute atomic E-state index is 0.988. The highest BCUT2D eigenvalue weighted by molar-refractivity contribution is 5.98. The molecule has 2 heteroatoms. The molecule has 20 heavy (non-hydrogen) atoms. The van der Waals surface area contributed by atoms with Gasteiger partial charge in [-0.2, -0.15) is 0 Å². The summed E-state index contributed by atoms with van der Waals surface area (Å²) < 4.78 is 0. The fourth-order valence-electron chi connectivity index (χ4n) is 2.75. The van der Waals surface area contributed by atoms with Gasteiger partial charge in [0.05, 0.1) is 0 Å². The first-order chi connectivity index (χ1) is 9.85. The fourth-order valence-corrected chi connectivity index (χ4v) is 2.75. The summed E-state index contributed by atoms with van der Waals surface area (Å²) in [5, 5.41) is 1.28. The molecule has 100 valence electrons. The van der Waals surface area contributed by atoms with Crippen molar-refractivity contribution in [1.82, 2.24) is 9.97 Å². The van der Waals surface area contributed by atoms with Gasteiger partial charge in [-0.3, -0.25) is 4.98 Å². The lowest BCUT2D eigenvalue weighted by atomic mass is 9.95. The number of hydrogen-bond donors (Lipinski definition) is 1.